The molecule has 0 bridgehead atoms. The summed E-state index contributed by atoms with van der Waals surface area (Å²) < 4.78 is 39.2. The normalized spacial score (nSPS) is 19.9. The van der Waals surface area contributed by atoms with Crippen LogP contribution in [-0.2, 0) is 27.4 Å². The number of carbonyl (C=O) groups is 2. The van der Waals surface area contributed by atoms with Crippen molar-refractivity contribution < 1.29 is 32.6 Å². The van der Waals surface area contributed by atoms with E-state index in [9.17, 15) is 18.0 Å². The van der Waals surface area contributed by atoms with Gasteiger partial charge in [-0.1, -0.05) is 0 Å². The summed E-state index contributed by atoms with van der Waals surface area (Å²) in [6.45, 7) is 8.46. The topological polar surface area (TPSA) is 87.9 Å². The molecule has 2 aliphatic heterocycles. The molecule has 1 fully saturated rings. The van der Waals surface area contributed by atoms with Crippen molar-refractivity contribution in [3.63, 3.8) is 0 Å². The van der Waals surface area contributed by atoms with Gasteiger partial charge in [-0.05, 0) is 32.9 Å². The van der Waals surface area contributed by atoms with E-state index in [2.05, 4.69) is 14.5 Å². The molecule has 29 heavy (non-hydrogen) atoms. The molecule has 2 aliphatic rings. The van der Waals surface area contributed by atoms with Crippen molar-refractivity contribution in [2.45, 2.75) is 39.0 Å². The second-order valence-corrected chi connectivity index (χ2v) is 7.08. The minimum atomic E-state index is -5.08. The Morgan fingerprint density at radius 2 is 1.93 bits per heavy atom. The van der Waals surface area contributed by atoms with E-state index in [4.69, 9.17) is 14.6 Å². The molecule has 11 heteroatoms. The number of ether oxygens (including phenoxy) is 1. The maximum atomic E-state index is 12.4. The number of imidazole rings is 1. The summed E-state index contributed by atoms with van der Waals surface area (Å²) in [5.41, 5.74) is 0. The molecule has 1 atom stereocenters. The molecule has 3 rings (SSSR count). The average molecular weight is 420 g/mol. The quantitative estimate of drug-likeness (QED) is 0.779. The van der Waals surface area contributed by atoms with E-state index < -0.39 is 12.1 Å². The van der Waals surface area contributed by atoms with Crippen molar-refractivity contribution in [3.8, 4) is 0 Å². The Kier molecular flexibility index (Phi) is 8.45. The standard InChI is InChI=1S/C16H26N4O2.C2HF3O2/c1-2-22-13-16(21)20-11-14(9-18-6-3-4-7-18)10-19-8-5-17-15(19)12-20;3-2(4,5)1(6)7/h5,8,14H,2-4,6-7,9-13H2,1H3;(H,6,7). The molecule has 0 aromatic carbocycles. The summed E-state index contributed by atoms with van der Waals surface area (Å²) in [7, 11) is 0. The number of alkyl halides is 3. The number of hydrogen-bond acceptors (Lipinski definition) is 5. The second-order valence-electron chi connectivity index (χ2n) is 7.08. The highest BCUT2D eigenvalue weighted by molar-refractivity contribution is 5.77. The summed E-state index contributed by atoms with van der Waals surface area (Å²) in [5, 5.41) is 7.12. The van der Waals surface area contributed by atoms with Crippen LogP contribution in [0.25, 0.3) is 0 Å². The van der Waals surface area contributed by atoms with E-state index in [0.29, 0.717) is 19.1 Å². The van der Waals surface area contributed by atoms with Gasteiger partial charge in [-0.15, -0.1) is 0 Å². The third-order valence-electron chi connectivity index (χ3n) is 4.81. The van der Waals surface area contributed by atoms with Gasteiger partial charge in [-0.25, -0.2) is 9.78 Å². The van der Waals surface area contributed by atoms with Gasteiger partial charge in [-0.2, -0.15) is 13.2 Å². The molecule has 1 aromatic rings. The molecule has 3 heterocycles. The van der Waals surface area contributed by atoms with E-state index in [-0.39, 0.29) is 12.5 Å². The molecular weight excluding hydrogens is 393 g/mol. The predicted octanol–water partition coefficient (Wildman–Crippen LogP) is 1.61. The van der Waals surface area contributed by atoms with Gasteiger partial charge in [0.1, 0.15) is 12.4 Å². The average Bonchev–Trinajstić information content (AvgIpc) is 3.28. The van der Waals surface area contributed by atoms with Crippen molar-refractivity contribution in [1.29, 1.82) is 0 Å². The van der Waals surface area contributed by atoms with E-state index in [1.54, 1.807) is 0 Å². The molecule has 1 unspecified atom stereocenters. The van der Waals surface area contributed by atoms with Crippen LogP contribution in [0, 0.1) is 5.92 Å². The molecule has 0 saturated carbocycles. The Hall–Kier alpha value is -2.14. The van der Waals surface area contributed by atoms with Gasteiger partial charge in [0.15, 0.2) is 0 Å². The number of nitrogens with zero attached hydrogens (tertiary/aromatic N) is 4. The molecule has 8 nitrogen and oxygen atoms in total. The highest BCUT2D eigenvalue weighted by Crippen LogP contribution is 2.19. The first kappa shape index (κ1) is 23.1. The number of aromatic nitrogens is 2. The van der Waals surface area contributed by atoms with Crippen LogP contribution in [0.3, 0.4) is 0 Å². The van der Waals surface area contributed by atoms with Gasteiger partial charge in [0.2, 0.25) is 5.91 Å². The van der Waals surface area contributed by atoms with Crippen molar-refractivity contribution in [2.75, 3.05) is 39.4 Å². The molecule has 1 N–H and O–H groups in total. The first-order valence-corrected chi connectivity index (χ1v) is 9.58. The van der Waals surface area contributed by atoms with Crippen LogP contribution in [-0.4, -0.2) is 81.9 Å². The number of carboxylic acids is 1. The number of amides is 1. The number of halogens is 3. The zero-order valence-corrected chi connectivity index (χ0v) is 16.4. The van der Waals surface area contributed by atoms with Crippen molar-refractivity contribution in [3.05, 3.63) is 18.2 Å². The fraction of sp³-hybridized carbons (Fsp3) is 0.722. The van der Waals surface area contributed by atoms with Crippen LogP contribution >= 0.6 is 0 Å². The number of likely N-dealkylation sites (tertiary alicyclic amines) is 1. The molecule has 1 saturated heterocycles. The van der Waals surface area contributed by atoms with Crippen molar-refractivity contribution in [1.82, 2.24) is 19.4 Å². The summed E-state index contributed by atoms with van der Waals surface area (Å²) in [5.74, 6) is -1.25. The molecule has 0 spiro atoms. The highest BCUT2D eigenvalue weighted by atomic mass is 19.4. The predicted molar refractivity (Wildman–Crippen MR) is 97.0 cm³/mol. The lowest BCUT2D eigenvalue weighted by atomic mass is 10.1. The van der Waals surface area contributed by atoms with Gasteiger partial charge in [-0.3, -0.25) is 4.79 Å². The van der Waals surface area contributed by atoms with Crippen LogP contribution in [0.5, 0.6) is 0 Å². The van der Waals surface area contributed by atoms with Crippen LogP contribution < -0.4 is 0 Å². The fourth-order valence-corrected chi connectivity index (χ4v) is 3.46. The van der Waals surface area contributed by atoms with E-state index >= 15 is 0 Å². The Balaban J connectivity index is 0.000000370. The maximum Gasteiger partial charge on any atom is 0.490 e. The Morgan fingerprint density at radius 3 is 2.52 bits per heavy atom. The largest absolute Gasteiger partial charge is 0.490 e. The zero-order valence-electron chi connectivity index (χ0n) is 16.4. The minimum Gasteiger partial charge on any atom is -0.475 e. The Labute approximate surface area is 167 Å². The first-order chi connectivity index (χ1) is 13.7. The Morgan fingerprint density at radius 1 is 1.28 bits per heavy atom. The lowest BCUT2D eigenvalue weighted by Crippen LogP contribution is -2.40. The van der Waals surface area contributed by atoms with Crippen LogP contribution in [0.2, 0.25) is 0 Å². The zero-order chi connectivity index (χ0) is 21.4. The summed E-state index contributed by atoms with van der Waals surface area (Å²) in [6.07, 6.45) is 1.38. The molecular formula is C18H27F3N4O4. The van der Waals surface area contributed by atoms with Gasteiger partial charge in [0.25, 0.3) is 0 Å². The Bertz CT molecular complexity index is 674. The number of aliphatic carboxylic acids is 1. The van der Waals surface area contributed by atoms with Crippen molar-refractivity contribution >= 4 is 11.9 Å². The number of rotatable bonds is 5. The molecule has 164 valence electrons. The van der Waals surface area contributed by atoms with Crippen LogP contribution in [0.15, 0.2) is 12.4 Å². The summed E-state index contributed by atoms with van der Waals surface area (Å²) in [4.78, 5) is 30.1. The summed E-state index contributed by atoms with van der Waals surface area (Å²) >= 11 is 0. The smallest absolute Gasteiger partial charge is 0.475 e. The SMILES string of the molecule is CCOCC(=O)N1Cc2nccn2CC(CN2CCCC2)C1.O=C(O)C(F)(F)F. The number of fused-ring (bicyclic) bond motifs is 1. The molecule has 0 aliphatic carbocycles. The number of hydrogen-bond donors (Lipinski definition) is 1. The molecule has 1 aromatic heterocycles. The first-order valence-electron chi connectivity index (χ1n) is 9.58. The third-order valence-corrected chi connectivity index (χ3v) is 4.81. The summed E-state index contributed by atoms with van der Waals surface area (Å²) in [6, 6.07) is 0. The van der Waals surface area contributed by atoms with Crippen LogP contribution in [0.4, 0.5) is 13.2 Å². The van der Waals surface area contributed by atoms with Gasteiger partial charge < -0.3 is 24.2 Å². The lowest BCUT2D eigenvalue weighted by Gasteiger charge is -2.27. The van der Waals surface area contributed by atoms with Gasteiger partial charge in [0.05, 0.1) is 6.54 Å². The van der Waals surface area contributed by atoms with Gasteiger partial charge >= 0.3 is 12.1 Å². The van der Waals surface area contributed by atoms with Crippen LogP contribution in [0.1, 0.15) is 25.6 Å². The monoisotopic (exact) mass is 420 g/mol. The van der Waals surface area contributed by atoms with E-state index in [0.717, 1.165) is 25.5 Å². The third kappa shape index (κ3) is 7.32. The molecule has 0 radical (unpaired) electrons. The fourth-order valence-electron chi connectivity index (χ4n) is 3.46. The second kappa shape index (κ2) is 10.6. The van der Waals surface area contributed by atoms with E-state index in [1.165, 1.54) is 25.9 Å². The lowest BCUT2D eigenvalue weighted by molar-refractivity contribution is -0.192. The minimum absolute atomic E-state index is 0.0738. The van der Waals surface area contributed by atoms with Crippen molar-refractivity contribution in [2.24, 2.45) is 5.92 Å². The van der Waals surface area contributed by atoms with E-state index in [1.807, 2.05) is 24.2 Å². The number of carbonyl (C=O) groups excluding carboxylic acids is 1. The highest BCUT2D eigenvalue weighted by Gasteiger charge is 2.38. The van der Waals surface area contributed by atoms with Gasteiger partial charge in [0, 0.05) is 44.6 Å². The molecule has 1 amide bonds. The maximum absolute atomic E-state index is 12.4. The number of carboxylic acid groups (broad SMARTS) is 1.